The second kappa shape index (κ2) is 4.11. The van der Waals surface area contributed by atoms with Gasteiger partial charge in [0, 0.05) is 12.1 Å². The van der Waals surface area contributed by atoms with E-state index in [9.17, 15) is 0 Å². The Hall–Kier alpha value is -0.860. The lowest BCUT2D eigenvalue weighted by molar-refractivity contribution is 0.251. The predicted octanol–water partition coefficient (Wildman–Crippen LogP) is 1.78. The van der Waals surface area contributed by atoms with Gasteiger partial charge in [-0.3, -0.25) is 0 Å². The maximum Gasteiger partial charge on any atom is 0.0584 e. The molecule has 0 aromatic heterocycles. The van der Waals surface area contributed by atoms with E-state index in [0.717, 1.165) is 12.8 Å². The highest BCUT2D eigenvalue weighted by molar-refractivity contribution is 5.24. The molecule has 0 amide bonds. The van der Waals surface area contributed by atoms with Gasteiger partial charge in [0.05, 0.1) is 6.61 Å². The van der Waals surface area contributed by atoms with E-state index in [0.29, 0.717) is 12.1 Å². The van der Waals surface area contributed by atoms with Crippen LogP contribution in [0.3, 0.4) is 0 Å². The predicted molar refractivity (Wildman–Crippen MR) is 57.2 cm³/mol. The molecule has 1 aliphatic heterocycles. The number of rotatable bonds is 2. The molecule has 1 aliphatic rings. The third-order valence-corrected chi connectivity index (χ3v) is 2.94. The molecule has 2 nitrogen and oxygen atoms in total. The minimum Gasteiger partial charge on any atom is -0.395 e. The molecule has 76 valence electrons. The third-order valence-electron chi connectivity index (χ3n) is 2.94. The van der Waals surface area contributed by atoms with Crippen molar-refractivity contribution >= 4 is 0 Å². The van der Waals surface area contributed by atoms with Crippen LogP contribution in [0.25, 0.3) is 0 Å². The lowest BCUT2D eigenvalue weighted by Crippen LogP contribution is -2.27. The molecule has 1 fully saturated rings. The van der Waals surface area contributed by atoms with Crippen LogP contribution in [0.2, 0.25) is 0 Å². The van der Waals surface area contributed by atoms with Gasteiger partial charge in [0.1, 0.15) is 0 Å². The summed E-state index contributed by atoms with van der Waals surface area (Å²) in [6.07, 6.45) is 2.21. The number of benzene rings is 1. The minimum atomic E-state index is 0.252. The topological polar surface area (TPSA) is 32.3 Å². The molecule has 2 N–H and O–H groups in total. The van der Waals surface area contributed by atoms with Crippen LogP contribution in [0.5, 0.6) is 0 Å². The summed E-state index contributed by atoms with van der Waals surface area (Å²) in [4.78, 5) is 0. The highest BCUT2D eigenvalue weighted by Crippen LogP contribution is 2.26. The Balaban J connectivity index is 2.06. The van der Waals surface area contributed by atoms with Gasteiger partial charge in [0.2, 0.25) is 0 Å². The lowest BCUT2D eigenvalue weighted by atomic mass is 10.0. The summed E-state index contributed by atoms with van der Waals surface area (Å²) in [6, 6.07) is 9.36. The molecule has 14 heavy (non-hydrogen) atoms. The zero-order chi connectivity index (χ0) is 9.97. The molecule has 0 spiro atoms. The van der Waals surface area contributed by atoms with Crippen molar-refractivity contribution in [3.05, 3.63) is 35.4 Å². The summed E-state index contributed by atoms with van der Waals surface area (Å²) < 4.78 is 0. The van der Waals surface area contributed by atoms with E-state index in [1.807, 2.05) is 0 Å². The van der Waals surface area contributed by atoms with E-state index >= 15 is 0 Å². The van der Waals surface area contributed by atoms with E-state index in [1.165, 1.54) is 11.1 Å². The zero-order valence-corrected chi connectivity index (χ0v) is 8.53. The monoisotopic (exact) mass is 191 g/mol. The number of nitrogens with one attached hydrogen (secondary N) is 1. The Labute approximate surface area is 85.0 Å². The summed E-state index contributed by atoms with van der Waals surface area (Å²) >= 11 is 0. The smallest absolute Gasteiger partial charge is 0.0584 e. The fourth-order valence-electron chi connectivity index (χ4n) is 2.02. The highest BCUT2D eigenvalue weighted by Gasteiger charge is 2.23. The Morgan fingerprint density at radius 2 is 2.00 bits per heavy atom. The van der Waals surface area contributed by atoms with Gasteiger partial charge < -0.3 is 10.4 Å². The van der Waals surface area contributed by atoms with Crippen LogP contribution in [0.1, 0.15) is 30.0 Å². The molecule has 1 aromatic rings. The molecule has 0 unspecified atom stereocenters. The number of aliphatic hydroxyl groups excluding tert-OH is 1. The Morgan fingerprint density at radius 3 is 2.57 bits per heavy atom. The first kappa shape index (κ1) is 9.69. The summed E-state index contributed by atoms with van der Waals surface area (Å²) in [5, 5.41) is 12.4. The lowest BCUT2D eigenvalue weighted by Gasteiger charge is -2.13. The minimum absolute atomic E-state index is 0.252. The van der Waals surface area contributed by atoms with E-state index in [-0.39, 0.29) is 6.61 Å². The zero-order valence-electron chi connectivity index (χ0n) is 8.53. The van der Waals surface area contributed by atoms with Gasteiger partial charge in [0.25, 0.3) is 0 Å². The normalized spacial score (nSPS) is 26.7. The van der Waals surface area contributed by atoms with Crippen LogP contribution in [0, 0.1) is 6.92 Å². The third kappa shape index (κ3) is 1.97. The molecule has 0 bridgehead atoms. The molecule has 0 saturated carbocycles. The van der Waals surface area contributed by atoms with Gasteiger partial charge in [-0.1, -0.05) is 29.8 Å². The average Bonchev–Trinajstić information content (AvgIpc) is 2.67. The summed E-state index contributed by atoms with van der Waals surface area (Å²) in [6.45, 7) is 2.35. The van der Waals surface area contributed by atoms with Crippen molar-refractivity contribution in [2.75, 3.05) is 6.61 Å². The molecule has 1 saturated heterocycles. The number of hydrogen-bond donors (Lipinski definition) is 2. The number of aryl methyl sites for hydroxylation is 1. The first-order chi connectivity index (χ1) is 6.79. The second-order valence-electron chi connectivity index (χ2n) is 4.09. The Morgan fingerprint density at radius 1 is 1.29 bits per heavy atom. The standard InChI is InChI=1S/C12H17NO/c1-9-2-4-10(5-3-9)12-7-6-11(8-14)13-12/h2-5,11-14H,6-8H2,1H3/t11-,12+/m0/s1. The van der Waals surface area contributed by atoms with Gasteiger partial charge in [-0.2, -0.15) is 0 Å². The van der Waals surface area contributed by atoms with Crippen molar-refractivity contribution in [1.82, 2.24) is 5.32 Å². The SMILES string of the molecule is Cc1ccc([C@H]2CC[C@@H](CO)N2)cc1. The van der Waals surface area contributed by atoms with Crippen LogP contribution < -0.4 is 5.32 Å². The molecule has 0 aliphatic carbocycles. The first-order valence-electron chi connectivity index (χ1n) is 5.23. The van der Waals surface area contributed by atoms with Crippen molar-refractivity contribution < 1.29 is 5.11 Å². The summed E-state index contributed by atoms with van der Waals surface area (Å²) in [5.41, 5.74) is 2.64. The Bertz CT molecular complexity index is 294. The summed E-state index contributed by atoms with van der Waals surface area (Å²) in [5.74, 6) is 0. The summed E-state index contributed by atoms with van der Waals surface area (Å²) in [7, 11) is 0. The fraction of sp³-hybridized carbons (Fsp3) is 0.500. The van der Waals surface area contributed by atoms with Crippen molar-refractivity contribution in [3.63, 3.8) is 0 Å². The molecule has 0 radical (unpaired) electrons. The molecule has 2 heteroatoms. The van der Waals surface area contributed by atoms with Crippen LogP contribution in [0.15, 0.2) is 24.3 Å². The van der Waals surface area contributed by atoms with Crippen molar-refractivity contribution in [2.45, 2.75) is 31.8 Å². The average molecular weight is 191 g/mol. The van der Waals surface area contributed by atoms with Gasteiger partial charge in [-0.25, -0.2) is 0 Å². The van der Waals surface area contributed by atoms with Crippen molar-refractivity contribution in [3.8, 4) is 0 Å². The van der Waals surface area contributed by atoms with Gasteiger partial charge in [0.15, 0.2) is 0 Å². The molecule has 2 rings (SSSR count). The van der Waals surface area contributed by atoms with Crippen LogP contribution in [-0.4, -0.2) is 17.8 Å². The Kier molecular flexibility index (Phi) is 2.85. The van der Waals surface area contributed by atoms with E-state index < -0.39 is 0 Å². The maximum absolute atomic E-state index is 9.01. The maximum atomic E-state index is 9.01. The second-order valence-corrected chi connectivity index (χ2v) is 4.09. The van der Waals surface area contributed by atoms with Crippen LogP contribution in [0.4, 0.5) is 0 Å². The van der Waals surface area contributed by atoms with Crippen molar-refractivity contribution in [1.29, 1.82) is 0 Å². The molecule has 1 aromatic carbocycles. The van der Waals surface area contributed by atoms with E-state index in [4.69, 9.17) is 5.11 Å². The highest BCUT2D eigenvalue weighted by atomic mass is 16.3. The number of hydrogen-bond acceptors (Lipinski definition) is 2. The van der Waals surface area contributed by atoms with E-state index in [2.05, 4.69) is 36.5 Å². The molecule has 2 atom stereocenters. The first-order valence-corrected chi connectivity index (χ1v) is 5.23. The van der Waals surface area contributed by atoms with Crippen LogP contribution in [-0.2, 0) is 0 Å². The van der Waals surface area contributed by atoms with Gasteiger partial charge in [-0.05, 0) is 25.3 Å². The molecule has 1 heterocycles. The van der Waals surface area contributed by atoms with Crippen LogP contribution >= 0.6 is 0 Å². The van der Waals surface area contributed by atoms with Crippen molar-refractivity contribution in [2.24, 2.45) is 0 Å². The quantitative estimate of drug-likeness (QED) is 0.747. The largest absolute Gasteiger partial charge is 0.395 e. The van der Waals surface area contributed by atoms with E-state index in [1.54, 1.807) is 0 Å². The fourth-order valence-corrected chi connectivity index (χ4v) is 2.02. The number of aliphatic hydroxyl groups is 1. The molecular weight excluding hydrogens is 174 g/mol. The van der Waals surface area contributed by atoms with Gasteiger partial charge in [-0.15, -0.1) is 0 Å². The van der Waals surface area contributed by atoms with Gasteiger partial charge >= 0.3 is 0 Å². The molecular formula is C12H17NO.